The van der Waals surface area contributed by atoms with Crippen LogP contribution in [0, 0.1) is 13.8 Å². The molecule has 1 atom stereocenters. The molecule has 0 spiro atoms. The van der Waals surface area contributed by atoms with Gasteiger partial charge in [0.25, 0.3) is 0 Å². The number of fused-ring (bicyclic) bond motifs is 1. The number of amides is 1. The van der Waals surface area contributed by atoms with Gasteiger partial charge in [-0.3, -0.25) is 9.20 Å². The van der Waals surface area contributed by atoms with Crippen LogP contribution in [-0.2, 0) is 4.79 Å². The molecule has 1 N–H and O–H groups in total. The zero-order chi connectivity index (χ0) is 15.7. The van der Waals surface area contributed by atoms with Gasteiger partial charge in [-0.25, -0.2) is 4.98 Å². The van der Waals surface area contributed by atoms with Gasteiger partial charge in [-0.1, -0.05) is 24.6 Å². The Bertz CT molecular complexity index is 693. The number of carbonyl (C=O) groups is 1. The number of aryl methyl sites for hydroxylation is 2. The Morgan fingerprint density at radius 3 is 2.82 bits per heavy atom. The third kappa shape index (κ3) is 3.09. The maximum Gasteiger partial charge on any atom is 0.233 e. The van der Waals surface area contributed by atoms with Crippen molar-refractivity contribution in [2.24, 2.45) is 0 Å². The number of nitrogens with zero attached hydrogens (tertiary/aromatic N) is 4. The lowest BCUT2D eigenvalue weighted by Crippen LogP contribution is -2.37. The van der Waals surface area contributed by atoms with E-state index in [1.807, 2.05) is 31.2 Å². The Labute approximate surface area is 134 Å². The summed E-state index contributed by atoms with van der Waals surface area (Å²) in [6.45, 7) is 5.77. The molecule has 1 aliphatic carbocycles. The lowest BCUT2D eigenvalue weighted by molar-refractivity contribution is -0.120. The highest BCUT2D eigenvalue weighted by atomic mass is 32.2. The van der Waals surface area contributed by atoms with Gasteiger partial charge in [0.2, 0.25) is 5.91 Å². The van der Waals surface area contributed by atoms with Gasteiger partial charge in [-0.15, -0.1) is 10.2 Å². The number of hydrogen-bond acceptors (Lipinski definition) is 5. The SMILES string of the molecule is Cc1cc2nnc(S[C@H](C)C(=O)NC3CCCC3)n2c(C)n1. The number of hydrogen-bond donors (Lipinski definition) is 1. The van der Waals surface area contributed by atoms with Crippen LogP contribution in [0.3, 0.4) is 0 Å². The quantitative estimate of drug-likeness (QED) is 0.875. The second-order valence-electron chi connectivity index (χ2n) is 5.87. The minimum absolute atomic E-state index is 0.0753. The smallest absolute Gasteiger partial charge is 0.233 e. The van der Waals surface area contributed by atoms with Crippen LogP contribution < -0.4 is 5.32 Å². The summed E-state index contributed by atoms with van der Waals surface area (Å²) >= 11 is 1.43. The zero-order valence-corrected chi connectivity index (χ0v) is 14.0. The normalized spacial score (nSPS) is 17.0. The van der Waals surface area contributed by atoms with Crippen molar-refractivity contribution in [1.29, 1.82) is 0 Å². The van der Waals surface area contributed by atoms with Crippen molar-refractivity contribution in [3.05, 3.63) is 17.6 Å². The molecule has 0 bridgehead atoms. The Morgan fingerprint density at radius 2 is 2.09 bits per heavy atom. The molecule has 1 aliphatic rings. The zero-order valence-electron chi connectivity index (χ0n) is 13.2. The summed E-state index contributed by atoms with van der Waals surface area (Å²) in [5.74, 6) is 0.914. The molecule has 7 heteroatoms. The first-order valence-corrected chi connectivity index (χ1v) is 8.59. The molecule has 1 amide bonds. The van der Waals surface area contributed by atoms with Crippen molar-refractivity contribution < 1.29 is 4.79 Å². The van der Waals surface area contributed by atoms with E-state index in [1.165, 1.54) is 24.6 Å². The van der Waals surface area contributed by atoms with E-state index in [0.717, 1.165) is 30.0 Å². The molecule has 0 radical (unpaired) electrons. The summed E-state index contributed by atoms with van der Waals surface area (Å²) in [7, 11) is 0. The van der Waals surface area contributed by atoms with Crippen molar-refractivity contribution in [2.75, 3.05) is 0 Å². The Hall–Kier alpha value is -1.63. The molecule has 1 saturated carbocycles. The molecule has 1 fully saturated rings. The van der Waals surface area contributed by atoms with Crippen LogP contribution in [0.5, 0.6) is 0 Å². The molecular weight excluding hydrogens is 298 g/mol. The van der Waals surface area contributed by atoms with Gasteiger partial charge in [0.05, 0.1) is 5.25 Å². The summed E-state index contributed by atoms with van der Waals surface area (Å²) in [5.41, 5.74) is 1.69. The summed E-state index contributed by atoms with van der Waals surface area (Å²) in [4.78, 5) is 16.7. The van der Waals surface area contributed by atoms with E-state index in [0.29, 0.717) is 11.2 Å². The monoisotopic (exact) mass is 319 g/mol. The van der Waals surface area contributed by atoms with Crippen LogP contribution in [0.15, 0.2) is 11.2 Å². The number of thioether (sulfide) groups is 1. The van der Waals surface area contributed by atoms with Gasteiger partial charge in [-0.2, -0.15) is 0 Å². The molecular formula is C15H21N5OS. The first-order chi connectivity index (χ1) is 10.5. The first-order valence-electron chi connectivity index (χ1n) is 7.71. The molecule has 2 heterocycles. The van der Waals surface area contributed by atoms with Crippen LogP contribution in [-0.4, -0.2) is 36.8 Å². The fourth-order valence-corrected chi connectivity index (χ4v) is 3.79. The van der Waals surface area contributed by atoms with Gasteiger partial charge < -0.3 is 5.32 Å². The molecule has 22 heavy (non-hydrogen) atoms. The molecule has 3 rings (SSSR count). The first kappa shape index (κ1) is 15.3. The molecule has 118 valence electrons. The van der Waals surface area contributed by atoms with Gasteiger partial charge in [0.1, 0.15) is 5.82 Å². The number of rotatable bonds is 4. The van der Waals surface area contributed by atoms with E-state index in [1.54, 1.807) is 0 Å². The lowest BCUT2D eigenvalue weighted by Gasteiger charge is -2.15. The third-order valence-corrected chi connectivity index (χ3v) is 5.05. The maximum atomic E-state index is 12.3. The molecule has 2 aromatic heterocycles. The highest BCUT2D eigenvalue weighted by molar-refractivity contribution is 8.00. The van der Waals surface area contributed by atoms with Crippen LogP contribution in [0.1, 0.15) is 44.1 Å². The molecule has 2 aromatic rings. The molecule has 6 nitrogen and oxygen atoms in total. The van der Waals surface area contributed by atoms with Crippen molar-refractivity contribution >= 4 is 23.3 Å². The van der Waals surface area contributed by atoms with E-state index >= 15 is 0 Å². The second-order valence-corrected chi connectivity index (χ2v) is 7.18. The molecule has 0 aromatic carbocycles. The second kappa shape index (κ2) is 6.24. The topological polar surface area (TPSA) is 72.2 Å². The highest BCUT2D eigenvalue weighted by Gasteiger charge is 2.23. The highest BCUT2D eigenvalue weighted by Crippen LogP contribution is 2.24. The van der Waals surface area contributed by atoms with E-state index in [4.69, 9.17) is 0 Å². The average Bonchev–Trinajstić information content (AvgIpc) is 3.08. The molecule has 0 unspecified atom stereocenters. The summed E-state index contributed by atoms with van der Waals surface area (Å²) < 4.78 is 1.90. The fraction of sp³-hybridized carbons (Fsp3) is 0.600. The van der Waals surface area contributed by atoms with Gasteiger partial charge in [0.15, 0.2) is 10.8 Å². The van der Waals surface area contributed by atoms with Crippen LogP contribution in [0.2, 0.25) is 0 Å². The van der Waals surface area contributed by atoms with Gasteiger partial charge >= 0.3 is 0 Å². The van der Waals surface area contributed by atoms with Crippen LogP contribution in [0.25, 0.3) is 5.65 Å². The Kier molecular flexibility index (Phi) is 4.33. The largest absolute Gasteiger partial charge is 0.352 e. The average molecular weight is 319 g/mol. The van der Waals surface area contributed by atoms with Gasteiger partial charge in [0, 0.05) is 17.8 Å². The van der Waals surface area contributed by atoms with E-state index in [9.17, 15) is 4.79 Å². The lowest BCUT2D eigenvalue weighted by atomic mass is 10.2. The number of nitrogens with one attached hydrogen (secondary N) is 1. The summed E-state index contributed by atoms with van der Waals surface area (Å²) in [5, 5.41) is 12.0. The predicted molar refractivity (Wildman–Crippen MR) is 86.0 cm³/mol. The van der Waals surface area contributed by atoms with Crippen LogP contribution >= 0.6 is 11.8 Å². The summed E-state index contributed by atoms with van der Waals surface area (Å²) in [6, 6.07) is 2.24. The minimum atomic E-state index is -0.200. The van der Waals surface area contributed by atoms with Crippen molar-refractivity contribution in [3.63, 3.8) is 0 Å². The third-order valence-electron chi connectivity index (χ3n) is 4.01. The van der Waals surface area contributed by atoms with E-state index in [2.05, 4.69) is 20.5 Å². The maximum absolute atomic E-state index is 12.3. The fourth-order valence-electron chi connectivity index (χ4n) is 2.88. The number of carbonyl (C=O) groups excluding carboxylic acids is 1. The van der Waals surface area contributed by atoms with Crippen molar-refractivity contribution in [3.8, 4) is 0 Å². The minimum Gasteiger partial charge on any atom is -0.352 e. The van der Waals surface area contributed by atoms with Crippen molar-refractivity contribution in [1.82, 2.24) is 24.9 Å². The van der Waals surface area contributed by atoms with E-state index < -0.39 is 0 Å². The van der Waals surface area contributed by atoms with Crippen LogP contribution in [0.4, 0.5) is 0 Å². The number of aromatic nitrogens is 4. The standard InChI is InChI=1S/C15H21N5OS/c1-9-8-13-18-19-15(20(13)11(3)16-9)22-10(2)14(21)17-12-6-4-5-7-12/h8,10,12H,4-7H2,1-3H3,(H,17,21)/t10-/m1/s1. The predicted octanol–water partition coefficient (Wildman–Crippen LogP) is 2.28. The van der Waals surface area contributed by atoms with E-state index in [-0.39, 0.29) is 11.2 Å². The molecule has 0 saturated heterocycles. The van der Waals surface area contributed by atoms with Gasteiger partial charge in [-0.05, 0) is 33.6 Å². The van der Waals surface area contributed by atoms with Crippen molar-refractivity contribution in [2.45, 2.75) is 62.9 Å². The Morgan fingerprint density at radius 1 is 1.36 bits per heavy atom. The molecule has 0 aliphatic heterocycles. The Balaban J connectivity index is 1.73. The summed E-state index contributed by atoms with van der Waals surface area (Å²) in [6.07, 6.45) is 4.62.